The minimum absolute atomic E-state index is 0.974. The summed E-state index contributed by atoms with van der Waals surface area (Å²) in [7, 11) is 0. The second-order valence-corrected chi connectivity index (χ2v) is 6.17. The van der Waals surface area contributed by atoms with Gasteiger partial charge in [-0.1, -0.05) is 0 Å². The van der Waals surface area contributed by atoms with E-state index in [4.69, 9.17) is 21.1 Å². The van der Waals surface area contributed by atoms with Crippen LogP contribution in [0.15, 0.2) is 0 Å². The Morgan fingerprint density at radius 1 is 0.800 bits per heavy atom. The Bertz CT molecular complexity index is 377. The molecule has 0 aliphatic rings. The highest BCUT2D eigenvalue weighted by molar-refractivity contribution is 6.23. The van der Waals surface area contributed by atoms with Crippen molar-refractivity contribution >= 4 is 17.8 Å². The lowest BCUT2D eigenvalue weighted by Gasteiger charge is -2.30. The molecule has 0 fully saturated rings. The summed E-state index contributed by atoms with van der Waals surface area (Å²) in [4.78, 5) is 39.9. The van der Waals surface area contributed by atoms with E-state index in [2.05, 4.69) is 4.84 Å². The van der Waals surface area contributed by atoms with Gasteiger partial charge in [0.15, 0.2) is 0 Å². The number of hydrogen-bond acceptors (Lipinski definition) is 7. The molecule has 20 heavy (non-hydrogen) atoms. The number of nitrogens with two attached hydrogens (primary N) is 2. The highest BCUT2D eigenvalue weighted by Crippen LogP contribution is 2.21. The minimum Gasteiger partial charge on any atom is -0.457 e. The number of ether oxygens (including phenoxy) is 2. The van der Waals surface area contributed by atoms with Crippen LogP contribution in [0.5, 0.6) is 0 Å². The quantitative estimate of drug-likeness (QED) is 0.416. The number of rotatable bonds is 4. The third-order valence-electron chi connectivity index (χ3n) is 1.90. The molecule has 0 unspecified atom stereocenters. The number of amides is 1. The van der Waals surface area contributed by atoms with Crippen molar-refractivity contribution in [2.45, 2.75) is 58.3 Å². The van der Waals surface area contributed by atoms with Crippen LogP contribution < -0.4 is 11.6 Å². The van der Waals surface area contributed by atoms with E-state index in [0.717, 1.165) is 0 Å². The average molecular weight is 290 g/mol. The van der Waals surface area contributed by atoms with Gasteiger partial charge in [0.2, 0.25) is 0 Å². The van der Waals surface area contributed by atoms with Gasteiger partial charge in [-0.05, 0) is 41.5 Å². The van der Waals surface area contributed by atoms with Crippen LogP contribution in [0.2, 0.25) is 0 Å². The first-order valence-corrected chi connectivity index (χ1v) is 5.91. The maximum atomic E-state index is 12.1. The van der Waals surface area contributed by atoms with Crippen molar-refractivity contribution in [1.29, 1.82) is 0 Å². The molecule has 0 radical (unpaired) electrons. The first-order chi connectivity index (χ1) is 8.76. The molecular weight excluding hydrogens is 268 g/mol. The number of esters is 2. The van der Waals surface area contributed by atoms with Crippen molar-refractivity contribution in [2.24, 2.45) is 11.6 Å². The highest BCUT2D eigenvalue weighted by atomic mass is 16.7. The number of carbonyl (C=O) groups excluding carboxylic acids is 3. The van der Waals surface area contributed by atoms with Gasteiger partial charge in [-0.2, -0.15) is 0 Å². The van der Waals surface area contributed by atoms with Gasteiger partial charge in [-0.15, -0.1) is 0 Å². The Labute approximate surface area is 117 Å². The zero-order valence-corrected chi connectivity index (χ0v) is 12.6. The van der Waals surface area contributed by atoms with Crippen LogP contribution in [0.3, 0.4) is 0 Å². The fraction of sp³-hybridized carbons (Fsp3) is 0.750. The summed E-state index contributed by atoms with van der Waals surface area (Å²) in [6.45, 7) is 9.26. The molecule has 8 nitrogen and oxygen atoms in total. The summed E-state index contributed by atoms with van der Waals surface area (Å²) < 4.78 is 9.89. The van der Waals surface area contributed by atoms with Gasteiger partial charge in [-0.3, -0.25) is 9.63 Å². The summed E-state index contributed by atoms with van der Waals surface area (Å²) in [5.74, 6) is 0.883. The Morgan fingerprint density at radius 3 is 1.25 bits per heavy atom. The smallest absolute Gasteiger partial charge is 0.363 e. The molecule has 0 atom stereocenters. The van der Waals surface area contributed by atoms with E-state index < -0.39 is 34.6 Å². The van der Waals surface area contributed by atoms with Crippen LogP contribution >= 0.6 is 0 Å². The van der Waals surface area contributed by atoms with Gasteiger partial charge in [-0.25, -0.2) is 15.5 Å². The van der Waals surface area contributed by atoms with Crippen LogP contribution in [-0.4, -0.2) is 34.6 Å². The summed E-state index contributed by atoms with van der Waals surface area (Å²) in [5, 5.41) is 0. The zero-order chi connectivity index (χ0) is 16.4. The summed E-state index contributed by atoms with van der Waals surface area (Å²) in [6.07, 6.45) is 0. The number of carbonyl (C=O) groups is 3. The molecule has 0 saturated heterocycles. The van der Waals surface area contributed by atoms with E-state index in [1.807, 2.05) is 0 Å². The maximum Gasteiger partial charge on any atom is 0.363 e. The van der Waals surface area contributed by atoms with Crippen molar-refractivity contribution in [3.63, 3.8) is 0 Å². The largest absolute Gasteiger partial charge is 0.457 e. The topological polar surface area (TPSA) is 131 Å². The molecule has 4 N–H and O–H groups in total. The highest BCUT2D eigenvalue weighted by Gasteiger charge is 2.58. The van der Waals surface area contributed by atoms with Crippen LogP contribution in [0.4, 0.5) is 0 Å². The maximum absolute atomic E-state index is 12.1. The van der Waals surface area contributed by atoms with Gasteiger partial charge >= 0.3 is 17.5 Å². The lowest BCUT2D eigenvalue weighted by atomic mass is 10.0. The molecule has 0 aromatic rings. The van der Waals surface area contributed by atoms with Gasteiger partial charge in [0.25, 0.3) is 5.91 Å². The fourth-order valence-corrected chi connectivity index (χ4v) is 1.14. The molecule has 8 heteroatoms. The monoisotopic (exact) mass is 290 g/mol. The summed E-state index contributed by atoms with van der Waals surface area (Å²) in [5.41, 5.74) is 0.296. The number of hydrogen-bond donors (Lipinski definition) is 2. The second-order valence-electron chi connectivity index (χ2n) is 6.17. The third-order valence-corrected chi connectivity index (χ3v) is 1.90. The Morgan fingerprint density at radius 2 is 1.10 bits per heavy atom. The molecule has 0 bridgehead atoms. The van der Waals surface area contributed by atoms with Gasteiger partial charge in [0.05, 0.1) is 0 Å². The predicted molar refractivity (Wildman–Crippen MR) is 68.9 cm³/mol. The lowest BCUT2D eigenvalue weighted by molar-refractivity contribution is -0.203. The fourth-order valence-electron chi connectivity index (χ4n) is 1.14. The molecule has 0 spiro atoms. The van der Waals surface area contributed by atoms with E-state index >= 15 is 0 Å². The van der Waals surface area contributed by atoms with Crippen LogP contribution in [0.1, 0.15) is 41.5 Å². The molecule has 0 rings (SSSR count). The first kappa shape index (κ1) is 18.3. The van der Waals surface area contributed by atoms with Gasteiger partial charge in [0.1, 0.15) is 11.2 Å². The van der Waals surface area contributed by atoms with Gasteiger partial charge in [0, 0.05) is 0 Å². The number of primary amides is 1. The standard InChI is InChI=1S/C12H22N2O6/c1-10(2,3)18-8(16)12(20-14,7(13)15)9(17)19-11(4,5)6/h14H2,1-6H3,(H2,13,15). The van der Waals surface area contributed by atoms with E-state index in [1.165, 1.54) is 0 Å². The molecule has 0 heterocycles. The molecule has 0 aromatic carbocycles. The van der Waals surface area contributed by atoms with Gasteiger partial charge < -0.3 is 15.2 Å². The second kappa shape index (κ2) is 5.76. The molecule has 0 saturated carbocycles. The van der Waals surface area contributed by atoms with E-state index in [1.54, 1.807) is 41.5 Å². The predicted octanol–water partition coefficient (Wildman–Crippen LogP) is -0.216. The van der Waals surface area contributed by atoms with E-state index in [9.17, 15) is 14.4 Å². The first-order valence-electron chi connectivity index (χ1n) is 5.91. The Balaban J connectivity index is 5.58. The van der Waals surface area contributed by atoms with Crippen LogP contribution in [0.25, 0.3) is 0 Å². The van der Waals surface area contributed by atoms with E-state index in [0.29, 0.717) is 0 Å². The molecule has 0 aliphatic heterocycles. The van der Waals surface area contributed by atoms with Crippen molar-refractivity contribution in [1.82, 2.24) is 0 Å². The zero-order valence-electron chi connectivity index (χ0n) is 12.6. The van der Waals surface area contributed by atoms with Crippen molar-refractivity contribution in [3.8, 4) is 0 Å². The molecule has 0 aromatic heterocycles. The van der Waals surface area contributed by atoms with Crippen LogP contribution in [-0.2, 0) is 28.7 Å². The average Bonchev–Trinajstić information content (AvgIpc) is 2.12. The minimum atomic E-state index is -2.83. The summed E-state index contributed by atoms with van der Waals surface area (Å²) in [6, 6.07) is 0. The van der Waals surface area contributed by atoms with Crippen molar-refractivity contribution in [3.05, 3.63) is 0 Å². The lowest BCUT2D eigenvalue weighted by Crippen LogP contribution is -2.63. The Kier molecular flexibility index (Phi) is 5.28. The molecule has 116 valence electrons. The SMILES string of the molecule is CC(C)(C)OC(=O)C(ON)(C(N)=O)C(=O)OC(C)(C)C. The van der Waals surface area contributed by atoms with Crippen molar-refractivity contribution < 1.29 is 28.7 Å². The molecular formula is C12H22N2O6. The van der Waals surface area contributed by atoms with Crippen molar-refractivity contribution in [2.75, 3.05) is 0 Å². The normalized spacial score (nSPS) is 12.8. The molecule has 0 aliphatic carbocycles. The molecule has 1 amide bonds. The third kappa shape index (κ3) is 4.46. The Hall–Kier alpha value is -1.67. The van der Waals surface area contributed by atoms with E-state index in [-0.39, 0.29) is 0 Å². The van der Waals surface area contributed by atoms with Crippen LogP contribution in [0, 0.1) is 0 Å². The summed E-state index contributed by atoms with van der Waals surface area (Å²) >= 11 is 0.